The lowest BCUT2D eigenvalue weighted by Gasteiger charge is -2.13. The Morgan fingerprint density at radius 2 is 2.29 bits per heavy atom. The summed E-state index contributed by atoms with van der Waals surface area (Å²) in [6.07, 6.45) is 0.884. The van der Waals surface area contributed by atoms with Gasteiger partial charge in [-0.1, -0.05) is 0 Å². The van der Waals surface area contributed by atoms with Gasteiger partial charge in [-0.3, -0.25) is 4.79 Å². The van der Waals surface area contributed by atoms with E-state index in [1.165, 1.54) is 0 Å². The van der Waals surface area contributed by atoms with E-state index in [1.54, 1.807) is 0 Å². The van der Waals surface area contributed by atoms with Crippen molar-refractivity contribution < 1.29 is 14.3 Å². The fraction of sp³-hybridized carbons (Fsp3) is 0.900. The zero-order chi connectivity index (χ0) is 10.4. The maximum Gasteiger partial charge on any atom is 0.310 e. The molecule has 1 aliphatic rings. The van der Waals surface area contributed by atoms with Crippen LogP contribution < -0.4 is 5.32 Å². The second-order valence-corrected chi connectivity index (χ2v) is 3.50. The summed E-state index contributed by atoms with van der Waals surface area (Å²) in [7, 11) is 0. The average molecular weight is 201 g/mol. The number of nitrogens with one attached hydrogen (secondary N) is 1. The summed E-state index contributed by atoms with van der Waals surface area (Å²) < 4.78 is 10.2. The van der Waals surface area contributed by atoms with Crippen LogP contribution >= 0.6 is 0 Å². The van der Waals surface area contributed by atoms with Crippen LogP contribution in [-0.4, -0.2) is 38.4 Å². The van der Waals surface area contributed by atoms with Crippen LogP contribution in [0.2, 0.25) is 0 Å². The Kier molecular flexibility index (Phi) is 4.90. The third kappa shape index (κ3) is 3.27. The fourth-order valence-electron chi connectivity index (χ4n) is 1.63. The molecule has 2 unspecified atom stereocenters. The van der Waals surface area contributed by atoms with E-state index in [2.05, 4.69) is 5.32 Å². The van der Waals surface area contributed by atoms with Gasteiger partial charge >= 0.3 is 5.97 Å². The molecule has 1 aliphatic heterocycles. The van der Waals surface area contributed by atoms with Crippen molar-refractivity contribution in [3.63, 3.8) is 0 Å². The van der Waals surface area contributed by atoms with E-state index in [0.717, 1.165) is 13.0 Å². The van der Waals surface area contributed by atoms with Gasteiger partial charge in [0.2, 0.25) is 0 Å². The standard InChI is InChI=1S/C10H19NO3/c1-3-13-6-7-14-10(12)9-4-5-11-8(9)2/h8-9,11H,3-7H2,1-2H3. The Labute approximate surface area is 85.0 Å². The number of esters is 1. The van der Waals surface area contributed by atoms with Crippen LogP contribution in [0, 0.1) is 5.92 Å². The Morgan fingerprint density at radius 1 is 1.50 bits per heavy atom. The van der Waals surface area contributed by atoms with Crippen LogP contribution in [0.15, 0.2) is 0 Å². The van der Waals surface area contributed by atoms with Crippen LogP contribution in [0.1, 0.15) is 20.3 Å². The van der Waals surface area contributed by atoms with Crippen molar-refractivity contribution in [2.75, 3.05) is 26.4 Å². The largest absolute Gasteiger partial charge is 0.463 e. The summed E-state index contributed by atoms with van der Waals surface area (Å²) >= 11 is 0. The smallest absolute Gasteiger partial charge is 0.310 e. The van der Waals surface area contributed by atoms with Crippen LogP contribution in [-0.2, 0) is 14.3 Å². The highest BCUT2D eigenvalue weighted by Gasteiger charge is 2.30. The maximum atomic E-state index is 11.5. The lowest BCUT2D eigenvalue weighted by Crippen LogP contribution is -2.30. The zero-order valence-corrected chi connectivity index (χ0v) is 8.91. The topological polar surface area (TPSA) is 47.6 Å². The van der Waals surface area contributed by atoms with E-state index < -0.39 is 0 Å². The minimum absolute atomic E-state index is 0.0247. The van der Waals surface area contributed by atoms with Crippen molar-refractivity contribution in [3.8, 4) is 0 Å². The average Bonchev–Trinajstić information content (AvgIpc) is 2.59. The molecule has 0 aromatic rings. The van der Waals surface area contributed by atoms with Gasteiger partial charge in [-0.25, -0.2) is 0 Å². The predicted octanol–water partition coefficient (Wildman–Crippen LogP) is 0.564. The van der Waals surface area contributed by atoms with E-state index in [9.17, 15) is 4.79 Å². The van der Waals surface area contributed by atoms with E-state index in [1.807, 2.05) is 13.8 Å². The first-order valence-electron chi connectivity index (χ1n) is 5.23. The van der Waals surface area contributed by atoms with Crippen molar-refractivity contribution in [2.24, 2.45) is 5.92 Å². The quantitative estimate of drug-likeness (QED) is 0.521. The van der Waals surface area contributed by atoms with Gasteiger partial charge in [0, 0.05) is 12.6 Å². The Morgan fingerprint density at radius 3 is 2.86 bits per heavy atom. The van der Waals surface area contributed by atoms with E-state index in [0.29, 0.717) is 19.8 Å². The molecular weight excluding hydrogens is 182 g/mol. The molecule has 14 heavy (non-hydrogen) atoms. The number of rotatable bonds is 5. The molecule has 0 bridgehead atoms. The Bertz CT molecular complexity index is 184. The SMILES string of the molecule is CCOCCOC(=O)C1CCNC1C. The van der Waals surface area contributed by atoms with Gasteiger partial charge in [0.25, 0.3) is 0 Å². The zero-order valence-electron chi connectivity index (χ0n) is 8.91. The Balaban J connectivity index is 2.14. The second-order valence-electron chi connectivity index (χ2n) is 3.50. The van der Waals surface area contributed by atoms with E-state index >= 15 is 0 Å². The molecule has 1 fully saturated rings. The molecule has 0 radical (unpaired) electrons. The van der Waals surface area contributed by atoms with Crippen LogP contribution in [0.3, 0.4) is 0 Å². The second kappa shape index (κ2) is 5.98. The van der Waals surface area contributed by atoms with E-state index in [-0.39, 0.29) is 17.9 Å². The number of carbonyl (C=O) groups excluding carboxylic acids is 1. The monoisotopic (exact) mass is 201 g/mol. The highest BCUT2D eigenvalue weighted by atomic mass is 16.6. The van der Waals surface area contributed by atoms with Crippen molar-refractivity contribution in [2.45, 2.75) is 26.3 Å². The Hall–Kier alpha value is -0.610. The number of hydrogen-bond donors (Lipinski definition) is 1. The highest BCUT2D eigenvalue weighted by molar-refractivity contribution is 5.73. The number of carbonyl (C=O) groups is 1. The molecule has 4 heteroatoms. The summed E-state index contributed by atoms with van der Waals surface area (Å²) in [5, 5.41) is 3.22. The lowest BCUT2D eigenvalue weighted by molar-refractivity contribution is -0.150. The summed E-state index contributed by atoms with van der Waals surface area (Å²) in [6.45, 7) is 6.38. The molecule has 82 valence electrons. The van der Waals surface area contributed by atoms with Gasteiger partial charge in [-0.05, 0) is 26.8 Å². The summed E-state index contributed by atoms with van der Waals surface area (Å²) in [5.41, 5.74) is 0. The molecule has 0 amide bonds. The maximum absolute atomic E-state index is 11.5. The first-order valence-corrected chi connectivity index (χ1v) is 5.23. The molecule has 1 rings (SSSR count). The molecule has 1 N–H and O–H groups in total. The molecule has 4 nitrogen and oxygen atoms in total. The summed E-state index contributed by atoms with van der Waals surface area (Å²) in [5.74, 6) is -0.0705. The van der Waals surface area contributed by atoms with Crippen LogP contribution in [0.5, 0.6) is 0 Å². The number of hydrogen-bond acceptors (Lipinski definition) is 4. The van der Waals surface area contributed by atoms with Crippen molar-refractivity contribution in [3.05, 3.63) is 0 Å². The van der Waals surface area contributed by atoms with Crippen molar-refractivity contribution in [1.29, 1.82) is 0 Å². The normalized spacial score (nSPS) is 26.4. The molecule has 0 aromatic heterocycles. The molecule has 1 saturated heterocycles. The third-order valence-electron chi connectivity index (χ3n) is 2.50. The van der Waals surface area contributed by atoms with Gasteiger partial charge in [-0.2, -0.15) is 0 Å². The highest BCUT2D eigenvalue weighted by Crippen LogP contribution is 2.16. The molecule has 0 saturated carbocycles. The van der Waals surface area contributed by atoms with Crippen molar-refractivity contribution >= 4 is 5.97 Å². The van der Waals surface area contributed by atoms with Gasteiger partial charge < -0.3 is 14.8 Å². The lowest BCUT2D eigenvalue weighted by atomic mass is 10.0. The molecule has 0 spiro atoms. The molecule has 0 aliphatic carbocycles. The van der Waals surface area contributed by atoms with E-state index in [4.69, 9.17) is 9.47 Å². The van der Waals surface area contributed by atoms with Gasteiger partial charge in [0.15, 0.2) is 0 Å². The molecule has 1 heterocycles. The third-order valence-corrected chi connectivity index (χ3v) is 2.50. The van der Waals surface area contributed by atoms with Gasteiger partial charge in [0.1, 0.15) is 6.61 Å². The van der Waals surface area contributed by atoms with Crippen LogP contribution in [0.4, 0.5) is 0 Å². The van der Waals surface area contributed by atoms with Gasteiger partial charge in [-0.15, -0.1) is 0 Å². The predicted molar refractivity (Wildman–Crippen MR) is 53.0 cm³/mol. The minimum atomic E-state index is -0.0952. The summed E-state index contributed by atoms with van der Waals surface area (Å²) in [6, 6.07) is 0.245. The molecular formula is C10H19NO3. The fourth-order valence-corrected chi connectivity index (χ4v) is 1.63. The summed E-state index contributed by atoms with van der Waals surface area (Å²) in [4.78, 5) is 11.5. The van der Waals surface area contributed by atoms with Crippen LogP contribution in [0.25, 0.3) is 0 Å². The molecule has 2 atom stereocenters. The van der Waals surface area contributed by atoms with Gasteiger partial charge in [0.05, 0.1) is 12.5 Å². The number of ether oxygens (including phenoxy) is 2. The molecule has 0 aromatic carbocycles. The van der Waals surface area contributed by atoms with Crippen molar-refractivity contribution in [1.82, 2.24) is 5.32 Å². The minimum Gasteiger partial charge on any atom is -0.463 e. The first kappa shape index (κ1) is 11.5. The first-order chi connectivity index (χ1) is 6.75.